The van der Waals surface area contributed by atoms with E-state index < -0.39 is 5.91 Å². The Hall–Kier alpha value is -3.25. The standard InChI is InChI=1S/C21H20N4O2/c22-20(26)16-8-9-17(15-7-4-10-23-19(15)16)25-21(27)18-11-14(12-24-18)13-5-2-1-3-6-13/h1-10,14,18,24H,11-12H2,(H2,22,26)(H,25,27). The van der Waals surface area contributed by atoms with E-state index in [2.05, 4.69) is 27.8 Å². The monoisotopic (exact) mass is 360 g/mol. The molecule has 6 nitrogen and oxygen atoms in total. The molecular formula is C21H20N4O2. The van der Waals surface area contributed by atoms with Gasteiger partial charge in [0.1, 0.15) is 0 Å². The van der Waals surface area contributed by atoms with Crippen molar-refractivity contribution in [1.82, 2.24) is 10.3 Å². The van der Waals surface area contributed by atoms with Crippen LogP contribution in [0.1, 0.15) is 28.3 Å². The maximum atomic E-state index is 12.8. The van der Waals surface area contributed by atoms with Gasteiger partial charge >= 0.3 is 0 Å². The lowest BCUT2D eigenvalue weighted by molar-refractivity contribution is -0.117. The number of aromatic nitrogens is 1. The highest BCUT2D eigenvalue weighted by atomic mass is 16.2. The molecule has 2 aromatic carbocycles. The van der Waals surface area contributed by atoms with Gasteiger partial charge in [0.25, 0.3) is 5.91 Å². The van der Waals surface area contributed by atoms with Crippen LogP contribution in [-0.2, 0) is 4.79 Å². The van der Waals surface area contributed by atoms with Crippen molar-refractivity contribution in [1.29, 1.82) is 0 Å². The first-order valence-corrected chi connectivity index (χ1v) is 8.90. The summed E-state index contributed by atoms with van der Waals surface area (Å²) in [6.45, 7) is 0.769. The second-order valence-electron chi connectivity index (χ2n) is 6.72. The summed E-state index contributed by atoms with van der Waals surface area (Å²) >= 11 is 0. The van der Waals surface area contributed by atoms with E-state index in [4.69, 9.17) is 5.73 Å². The van der Waals surface area contributed by atoms with Crippen LogP contribution in [0.3, 0.4) is 0 Å². The van der Waals surface area contributed by atoms with Gasteiger partial charge in [-0.1, -0.05) is 30.3 Å². The highest BCUT2D eigenvalue weighted by Gasteiger charge is 2.30. The van der Waals surface area contributed by atoms with E-state index in [9.17, 15) is 9.59 Å². The minimum atomic E-state index is -0.542. The molecule has 2 atom stereocenters. The van der Waals surface area contributed by atoms with E-state index >= 15 is 0 Å². The average Bonchev–Trinajstić information content (AvgIpc) is 3.19. The van der Waals surface area contributed by atoms with E-state index in [1.54, 1.807) is 24.4 Å². The minimum absolute atomic E-state index is 0.0922. The zero-order valence-corrected chi connectivity index (χ0v) is 14.7. The molecule has 2 unspecified atom stereocenters. The summed E-state index contributed by atoms with van der Waals surface area (Å²) in [5, 5.41) is 6.97. The average molecular weight is 360 g/mol. The molecule has 4 rings (SSSR count). The summed E-state index contributed by atoms with van der Waals surface area (Å²) in [6, 6.07) is 16.8. The number of carbonyl (C=O) groups excluding carboxylic acids is 2. The quantitative estimate of drug-likeness (QED) is 0.666. The third-order valence-corrected chi connectivity index (χ3v) is 5.01. The number of anilines is 1. The van der Waals surface area contributed by atoms with Crippen LogP contribution in [0.4, 0.5) is 5.69 Å². The normalized spacial score (nSPS) is 19.1. The van der Waals surface area contributed by atoms with Gasteiger partial charge in [-0.3, -0.25) is 14.6 Å². The molecule has 1 saturated heterocycles. The second-order valence-corrected chi connectivity index (χ2v) is 6.72. The van der Waals surface area contributed by atoms with Crippen LogP contribution >= 0.6 is 0 Å². The molecule has 1 aromatic heterocycles. The summed E-state index contributed by atoms with van der Waals surface area (Å²) in [6.07, 6.45) is 2.34. The van der Waals surface area contributed by atoms with E-state index in [0.29, 0.717) is 28.1 Å². The Morgan fingerprint density at radius 1 is 1.07 bits per heavy atom. The number of nitrogens with two attached hydrogens (primary N) is 1. The summed E-state index contributed by atoms with van der Waals surface area (Å²) in [5.74, 6) is -0.317. The smallest absolute Gasteiger partial charge is 0.250 e. The lowest BCUT2D eigenvalue weighted by atomic mass is 9.96. The predicted octanol–water partition coefficient (Wildman–Crippen LogP) is 2.42. The topological polar surface area (TPSA) is 97.1 Å². The number of fused-ring (bicyclic) bond motifs is 1. The molecule has 3 aromatic rings. The Morgan fingerprint density at radius 2 is 1.89 bits per heavy atom. The molecule has 0 radical (unpaired) electrons. The Morgan fingerprint density at radius 3 is 2.67 bits per heavy atom. The fourth-order valence-electron chi connectivity index (χ4n) is 3.61. The number of primary amides is 1. The molecule has 0 aliphatic carbocycles. The first-order valence-electron chi connectivity index (χ1n) is 8.90. The third kappa shape index (κ3) is 3.39. The fourth-order valence-corrected chi connectivity index (χ4v) is 3.61. The van der Waals surface area contributed by atoms with E-state index in [0.717, 1.165) is 13.0 Å². The van der Waals surface area contributed by atoms with Gasteiger partial charge in [-0.25, -0.2) is 0 Å². The summed E-state index contributed by atoms with van der Waals surface area (Å²) in [7, 11) is 0. The lowest BCUT2D eigenvalue weighted by Gasteiger charge is -2.14. The Bertz CT molecular complexity index is 1000. The van der Waals surface area contributed by atoms with Crippen molar-refractivity contribution in [2.45, 2.75) is 18.4 Å². The highest BCUT2D eigenvalue weighted by molar-refractivity contribution is 6.10. The number of benzene rings is 2. The molecule has 136 valence electrons. The number of amides is 2. The minimum Gasteiger partial charge on any atom is -0.366 e. The summed E-state index contributed by atoms with van der Waals surface area (Å²) in [5.41, 5.74) is 8.11. The maximum Gasteiger partial charge on any atom is 0.250 e. The van der Waals surface area contributed by atoms with Gasteiger partial charge in [0.15, 0.2) is 0 Å². The van der Waals surface area contributed by atoms with Crippen molar-refractivity contribution in [2.75, 3.05) is 11.9 Å². The van der Waals surface area contributed by atoms with E-state index in [1.165, 1.54) is 5.56 Å². The van der Waals surface area contributed by atoms with Crippen molar-refractivity contribution in [2.24, 2.45) is 5.73 Å². The number of rotatable bonds is 4. The van der Waals surface area contributed by atoms with Gasteiger partial charge in [0, 0.05) is 18.1 Å². The maximum absolute atomic E-state index is 12.8. The zero-order valence-electron chi connectivity index (χ0n) is 14.7. The van der Waals surface area contributed by atoms with E-state index in [1.807, 2.05) is 24.3 Å². The molecule has 27 heavy (non-hydrogen) atoms. The van der Waals surface area contributed by atoms with Crippen molar-refractivity contribution < 1.29 is 9.59 Å². The number of nitrogens with zero attached hydrogens (tertiary/aromatic N) is 1. The van der Waals surface area contributed by atoms with Crippen LogP contribution < -0.4 is 16.4 Å². The predicted molar refractivity (Wildman–Crippen MR) is 104 cm³/mol. The molecule has 0 saturated carbocycles. The molecule has 1 aliphatic rings. The fraction of sp³-hybridized carbons (Fsp3) is 0.190. The third-order valence-electron chi connectivity index (χ3n) is 5.01. The number of carbonyl (C=O) groups is 2. The Labute approximate surface area is 156 Å². The summed E-state index contributed by atoms with van der Waals surface area (Å²) in [4.78, 5) is 28.6. The molecule has 6 heteroatoms. The van der Waals surface area contributed by atoms with Crippen LogP contribution in [0.5, 0.6) is 0 Å². The molecule has 1 aliphatic heterocycles. The molecule has 4 N–H and O–H groups in total. The van der Waals surface area contributed by atoms with Crippen LogP contribution in [0.2, 0.25) is 0 Å². The first kappa shape index (κ1) is 17.2. The number of nitrogens with one attached hydrogen (secondary N) is 2. The van der Waals surface area contributed by atoms with Gasteiger partial charge in [-0.15, -0.1) is 0 Å². The van der Waals surface area contributed by atoms with Gasteiger partial charge in [-0.05, 0) is 42.2 Å². The second kappa shape index (κ2) is 7.17. The van der Waals surface area contributed by atoms with Crippen molar-refractivity contribution in [3.63, 3.8) is 0 Å². The zero-order chi connectivity index (χ0) is 18.8. The van der Waals surface area contributed by atoms with Crippen molar-refractivity contribution in [3.05, 3.63) is 71.9 Å². The molecule has 0 bridgehead atoms. The van der Waals surface area contributed by atoms with Gasteiger partial charge in [-0.2, -0.15) is 0 Å². The van der Waals surface area contributed by atoms with Gasteiger partial charge in [0.2, 0.25) is 5.91 Å². The molecule has 0 spiro atoms. The van der Waals surface area contributed by atoms with Crippen LogP contribution in [0, 0.1) is 0 Å². The van der Waals surface area contributed by atoms with Crippen LogP contribution in [0.25, 0.3) is 10.9 Å². The Balaban J connectivity index is 1.54. The van der Waals surface area contributed by atoms with Crippen LogP contribution in [0.15, 0.2) is 60.8 Å². The molecule has 2 heterocycles. The number of hydrogen-bond donors (Lipinski definition) is 3. The lowest BCUT2D eigenvalue weighted by Crippen LogP contribution is -2.35. The largest absolute Gasteiger partial charge is 0.366 e. The Kier molecular flexibility index (Phi) is 4.56. The van der Waals surface area contributed by atoms with Crippen LogP contribution in [-0.4, -0.2) is 29.4 Å². The first-order chi connectivity index (χ1) is 13.1. The highest BCUT2D eigenvalue weighted by Crippen LogP contribution is 2.28. The summed E-state index contributed by atoms with van der Waals surface area (Å²) < 4.78 is 0. The van der Waals surface area contributed by atoms with Gasteiger partial charge in [0.05, 0.1) is 22.8 Å². The van der Waals surface area contributed by atoms with Crippen molar-refractivity contribution in [3.8, 4) is 0 Å². The van der Waals surface area contributed by atoms with Crippen molar-refractivity contribution >= 4 is 28.4 Å². The van der Waals surface area contributed by atoms with Gasteiger partial charge < -0.3 is 16.4 Å². The number of pyridine rings is 1. The molecule has 2 amide bonds. The van der Waals surface area contributed by atoms with E-state index in [-0.39, 0.29) is 11.9 Å². The SMILES string of the molecule is NC(=O)c1ccc(NC(=O)C2CC(c3ccccc3)CN2)c2cccnc12. The number of hydrogen-bond acceptors (Lipinski definition) is 4. The molecule has 1 fully saturated rings. The molecular weight excluding hydrogens is 340 g/mol.